The minimum atomic E-state index is 0. The van der Waals surface area contributed by atoms with E-state index in [9.17, 15) is 4.79 Å². The molecule has 1 amide bonds. The highest BCUT2D eigenvalue weighted by molar-refractivity contribution is 14.0. The molecule has 1 aliphatic rings. The fourth-order valence-electron chi connectivity index (χ4n) is 2.41. The van der Waals surface area contributed by atoms with Crippen molar-refractivity contribution < 1.29 is 9.21 Å². The van der Waals surface area contributed by atoms with E-state index >= 15 is 0 Å². The number of hydrogen-bond donors (Lipinski definition) is 1. The first-order chi connectivity index (χ1) is 10.5. The van der Waals surface area contributed by atoms with Gasteiger partial charge in [-0.15, -0.1) is 24.0 Å². The van der Waals surface area contributed by atoms with Gasteiger partial charge in [0.1, 0.15) is 12.3 Å². The number of aryl methyl sites for hydroxylation is 2. The van der Waals surface area contributed by atoms with Crippen LogP contribution in [-0.4, -0.2) is 59.4 Å². The molecule has 8 heteroatoms. The molecule has 1 fully saturated rings. The highest BCUT2D eigenvalue weighted by Crippen LogP contribution is 2.10. The summed E-state index contributed by atoms with van der Waals surface area (Å²) in [6.07, 6.45) is 0. The normalized spacial score (nSPS) is 15.4. The topological polar surface area (TPSA) is 74.0 Å². The number of halogens is 1. The first kappa shape index (κ1) is 19.7. The third kappa shape index (κ3) is 5.36. The molecule has 0 bridgehead atoms. The van der Waals surface area contributed by atoms with Crippen LogP contribution < -0.4 is 5.32 Å². The average Bonchev–Trinajstić information content (AvgIpc) is 2.82. The lowest BCUT2D eigenvalue weighted by molar-refractivity contribution is -0.130. The van der Waals surface area contributed by atoms with Gasteiger partial charge in [-0.25, -0.2) is 9.98 Å². The van der Waals surface area contributed by atoms with Crippen LogP contribution in [0.2, 0.25) is 0 Å². The zero-order valence-electron chi connectivity index (χ0n) is 14.3. The molecule has 2 rings (SSSR count). The number of carbonyl (C=O) groups excluding carboxylic acids is 1. The number of nitrogens with zero attached hydrogens (tertiary/aromatic N) is 4. The molecule has 1 aromatic heterocycles. The molecule has 0 spiro atoms. The summed E-state index contributed by atoms with van der Waals surface area (Å²) in [5.74, 6) is 2.45. The Morgan fingerprint density at radius 3 is 2.35 bits per heavy atom. The molecule has 0 aliphatic carbocycles. The number of rotatable bonds is 3. The van der Waals surface area contributed by atoms with Gasteiger partial charge in [0, 0.05) is 39.6 Å². The van der Waals surface area contributed by atoms with E-state index in [-0.39, 0.29) is 29.9 Å². The molecule has 0 unspecified atom stereocenters. The highest BCUT2D eigenvalue weighted by Gasteiger charge is 2.21. The second-order valence-corrected chi connectivity index (χ2v) is 5.41. The predicted octanol–water partition coefficient (Wildman–Crippen LogP) is 1.54. The fraction of sp³-hybridized carbons (Fsp3) is 0.667. The van der Waals surface area contributed by atoms with Crippen molar-refractivity contribution in [2.24, 2.45) is 4.99 Å². The zero-order valence-corrected chi connectivity index (χ0v) is 16.6. The van der Waals surface area contributed by atoms with Gasteiger partial charge in [-0.3, -0.25) is 4.79 Å². The number of guanidine groups is 1. The summed E-state index contributed by atoms with van der Waals surface area (Å²) in [4.78, 5) is 24.4. The van der Waals surface area contributed by atoms with Gasteiger partial charge in [0.25, 0.3) is 0 Å². The summed E-state index contributed by atoms with van der Waals surface area (Å²) >= 11 is 0. The van der Waals surface area contributed by atoms with E-state index in [1.165, 1.54) is 0 Å². The van der Waals surface area contributed by atoms with Gasteiger partial charge in [0.15, 0.2) is 5.96 Å². The molecule has 1 N–H and O–H groups in total. The summed E-state index contributed by atoms with van der Waals surface area (Å²) < 4.78 is 5.56. The molecule has 23 heavy (non-hydrogen) atoms. The Labute approximate surface area is 154 Å². The molecule has 0 aromatic carbocycles. The van der Waals surface area contributed by atoms with Crippen molar-refractivity contribution in [3.8, 4) is 0 Å². The van der Waals surface area contributed by atoms with Crippen LogP contribution in [0.1, 0.15) is 31.2 Å². The van der Waals surface area contributed by atoms with E-state index in [1.807, 2.05) is 25.7 Å². The third-order valence-electron chi connectivity index (χ3n) is 3.80. The number of amides is 1. The second-order valence-electron chi connectivity index (χ2n) is 5.41. The van der Waals surface area contributed by atoms with Crippen LogP contribution in [0.25, 0.3) is 0 Å². The molecular formula is C15H26IN5O2. The van der Waals surface area contributed by atoms with E-state index in [1.54, 1.807) is 6.92 Å². The first-order valence-electron chi connectivity index (χ1n) is 7.73. The van der Waals surface area contributed by atoms with Gasteiger partial charge in [0.2, 0.25) is 11.8 Å². The fourth-order valence-corrected chi connectivity index (χ4v) is 2.41. The molecule has 0 radical (unpaired) electrons. The van der Waals surface area contributed by atoms with Crippen LogP contribution in [0.4, 0.5) is 0 Å². The number of oxazole rings is 1. The summed E-state index contributed by atoms with van der Waals surface area (Å²) in [6, 6.07) is 0. The van der Waals surface area contributed by atoms with Crippen LogP contribution >= 0.6 is 24.0 Å². The van der Waals surface area contributed by atoms with Gasteiger partial charge < -0.3 is 19.5 Å². The van der Waals surface area contributed by atoms with Crippen molar-refractivity contribution in [1.29, 1.82) is 0 Å². The Morgan fingerprint density at radius 1 is 1.26 bits per heavy atom. The summed E-state index contributed by atoms with van der Waals surface area (Å²) in [5.41, 5.74) is 0.908. The Morgan fingerprint density at radius 2 is 1.87 bits per heavy atom. The van der Waals surface area contributed by atoms with Crippen LogP contribution in [0, 0.1) is 13.8 Å². The van der Waals surface area contributed by atoms with E-state index in [0.29, 0.717) is 12.4 Å². The molecule has 130 valence electrons. The molecule has 0 atom stereocenters. The van der Waals surface area contributed by atoms with Crippen LogP contribution in [-0.2, 0) is 11.3 Å². The molecule has 1 aromatic rings. The van der Waals surface area contributed by atoms with Crippen molar-refractivity contribution in [1.82, 2.24) is 20.1 Å². The lowest BCUT2D eigenvalue weighted by Gasteiger charge is -2.36. The van der Waals surface area contributed by atoms with Crippen LogP contribution in [0.15, 0.2) is 9.41 Å². The van der Waals surface area contributed by atoms with Crippen molar-refractivity contribution >= 4 is 35.8 Å². The maximum Gasteiger partial charge on any atom is 0.219 e. The number of carbonyl (C=O) groups is 1. The molecule has 1 aliphatic heterocycles. The molecule has 2 heterocycles. The van der Waals surface area contributed by atoms with Crippen molar-refractivity contribution in [2.45, 2.75) is 34.2 Å². The zero-order chi connectivity index (χ0) is 16.1. The van der Waals surface area contributed by atoms with E-state index in [0.717, 1.165) is 50.1 Å². The van der Waals surface area contributed by atoms with Crippen LogP contribution in [0.5, 0.6) is 0 Å². The highest BCUT2D eigenvalue weighted by atomic mass is 127. The largest absolute Gasteiger partial charge is 0.444 e. The smallest absolute Gasteiger partial charge is 0.219 e. The van der Waals surface area contributed by atoms with Crippen molar-refractivity contribution in [3.63, 3.8) is 0 Å². The Balaban J connectivity index is 0.00000264. The van der Waals surface area contributed by atoms with E-state index in [2.05, 4.69) is 20.2 Å². The van der Waals surface area contributed by atoms with E-state index in [4.69, 9.17) is 4.42 Å². The van der Waals surface area contributed by atoms with E-state index < -0.39 is 0 Å². The molecule has 1 saturated heterocycles. The number of nitrogens with one attached hydrogen (secondary N) is 1. The van der Waals surface area contributed by atoms with Gasteiger partial charge in [-0.2, -0.15) is 0 Å². The number of aliphatic imine (C=N–C) groups is 1. The van der Waals surface area contributed by atoms with Gasteiger partial charge in [0.05, 0.1) is 5.69 Å². The maximum absolute atomic E-state index is 11.4. The third-order valence-corrected chi connectivity index (χ3v) is 3.80. The average molecular weight is 435 g/mol. The summed E-state index contributed by atoms with van der Waals surface area (Å²) in [5, 5.41) is 3.29. The first-order valence-corrected chi connectivity index (χ1v) is 7.73. The standard InChI is InChI=1S/C15H25N5O2.HI/c1-5-16-15(17-10-14-18-11(2)12(3)22-14)20-8-6-19(7-9-20)13(4)21;/h5-10H2,1-4H3,(H,16,17);1H. The maximum atomic E-state index is 11.4. The molecule has 0 saturated carbocycles. The Hall–Kier alpha value is -1.32. The number of hydrogen-bond acceptors (Lipinski definition) is 4. The number of piperazine rings is 1. The van der Waals surface area contributed by atoms with Gasteiger partial charge in [-0.05, 0) is 20.8 Å². The monoisotopic (exact) mass is 435 g/mol. The Kier molecular flexibility index (Phi) is 7.80. The Bertz CT molecular complexity index is 531. The lowest BCUT2D eigenvalue weighted by Crippen LogP contribution is -2.53. The summed E-state index contributed by atoms with van der Waals surface area (Å²) in [7, 11) is 0. The molecular weight excluding hydrogens is 409 g/mol. The van der Waals surface area contributed by atoms with Crippen LogP contribution in [0.3, 0.4) is 0 Å². The molecule has 7 nitrogen and oxygen atoms in total. The quantitative estimate of drug-likeness (QED) is 0.443. The SMILES string of the molecule is CCNC(=NCc1nc(C)c(C)o1)N1CCN(C(C)=O)CC1.I. The number of aromatic nitrogens is 1. The van der Waals surface area contributed by atoms with Gasteiger partial charge >= 0.3 is 0 Å². The van der Waals surface area contributed by atoms with Gasteiger partial charge in [-0.1, -0.05) is 0 Å². The minimum Gasteiger partial charge on any atom is -0.444 e. The van der Waals surface area contributed by atoms with Crippen molar-refractivity contribution in [2.75, 3.05) is 32.7 Å². The lowest BCUT2D eigenvalue weighted by atomic mass is 10.3. The summed E-state index contributed by atoms with van der Waals surface area (Å²) in [6.45, 7) is 11.8. The second kappa shape index (κ2) is 9.09. The predicted molar refractivity (Wildman–Crippen MR) is 100 cm³/mol. The van der Waals surface area contributed by atoms with Crippen molar-refractivity contribution in [3.05, 3.63) is 17.3 Å². The minimum absolute atomic E-state index is 0.